The zero-order valence-electron chi connectivity index (χ0n) is 8.33. The average molecular weight is 191 g/mol. The van der Waals surface area contributed by atoms with Gasteiger partial charge in [-0.1, -0.05) is 0 Å². The molecule has 3 heteroatoms. The lowest BCUT2D eigenvalue weighted by Gasteiger charge is -2.08. The zero-order chi connectivity index (χ0) is 9.97. The predicted molar refractivity (Wildman–Crippen MR) is 56.0 cm³/mol. The molecule has 0 amide bonds. The first-order chi connectivity index (χ1) is 6.85. The molecule has 0 aliphatic carbocycles. The van der Waals surface area contributed by atoms with E-state index in [0.717, 1.165) is 22.4 Å². The lowest BCUT2D eigenvalue weighted by atomic mass is 10.2. The summed E-state index contributed by atoms with van der Waals surface area (Å²) >= 11 is 0. The second-order valence-electron chi connectivity index (χ2n) is 3.00. The fourth-order valence-corrected chi connectivity index (χ4v) is 1.49. The van der Waals surface area contributed by atoms with Crippen LogP contribution in [-0.4, -0.2) is 18.7 Å². The number of aromatic nitrogens is 1. The van der Waals surface area contributed by atoms with E-state index >= 15 is 0 Å². The van der Waals surface area contributed by atoms with Crippen LogP contribution in [0.5, 0.6) is 11.5 Å². The number of hydrogen-bond acceptors (Lipinski definition) is 2. The number of ether oxygens (including phenoxy) is 2. The minimum atomic E-state index is 0.645. The van der Waals surface area contributed by atoms with E-state index in [4.69, 9.17) is 9.47 Å². The van der Waals surface area contributed by atoms with Crippen LogP contribution in [0.15, 0.2) is 24.4 Å². The average Bonchev–Trinajstić information content (AvgIpc) is 2.64. The predicted octanol–water partition coefficient (Wildman–Crippen LogP) is 2.58. The zero-order valence-corrected chi connectivity index (χ0v) is 8.33. The van der Waals surface area contributed by atoms with Crippen LogP contribution in [-0.2, 0) is 0 Å². The Morgan fingerprint density at radius 1 is 1.29 bits per heavy atom. The van der Waals surface area contributed by atoms with Gasteiger partial charge in [0.25, 0.3) is 0 Å². The van der Waals surface area contributed by atoms with E-state index in [1.54, 1.807) is 7.11 Å². The highest BCUT2D eigenvalue weighted by Crippen LogP contribution is 2.31. The minimum absolute atomic E-state index is 0.645. The molecule has 0 saturated heterocycles. The van der Waals surface area contributed by atoms with Gasteiger partial charge in [-0.15, -0.1) is 0 Å². The fraction of sp³-hybridized carbons (Fsp3) is 0.273. The van der Waals surface area contributed by atoms with Crippen molar-refractivity contribution in [1.29, 1.82) is 0 Å². The van der Waals surface area contributed by atoms with Gasteiger partial charge in [-0.05, 0) is 19.1 Å². The molecule has 0 radical (unpaired) electrons. The number of rotatable bonds is 3. The monoisotopic (exact) mass is 191 g/mol. The number of nitrogens with one attached hydrogen (secondary N) is 1. The summed E-state index contributed by atoms with van der Waals surface area (Å²) in [5.41, 5.74) is 1.06. The normalized spacial score (nSPS) is 10.4. The van der Waals surface area contributed by atoms with Gasteiger partial charge in [-0.3, -0.25) is 0 Å². The Kier molecular flexibility index (Phi) is 2.31. The topological polar surface area (TPSA) is 34.2 Å². The summed E-state index contributed by atoms with van der Waals surface area (Å²) in [5.74, 6) is 1.56. The first-order valence-electron chi connectivity index (χ1n) is 4.63. The standard InChI is InChI=1S/C11H13NO2/c1-3-14-11-6-8-4-5-12-9(8)7-10(11)13-2/h4-7,12H,3H2,1-2H3. The Morgan fingerprint density at radius 2 is 2.14 bits per heavy atom. The molecule has 2 aromatic rings. The van der Waals surface area contributed by atoms with Crippen LogP contribution < -0.4 is 9.47 Å². The third-order valence-electron chi connectivity index (χ3n) is 2.14. The summed E-state index contributed by atoms with van der Waals surface area (Å²) in [4.78, 5) is 3.13. The molecular formula is C11H13NO2. The fourth-order valence-electron chi connectivity index (χ4n) is 1.49. The molecule has 0 saturated carbocycles. The first-order valence-corrected chi connectivity index (χ1v) is 4.63. The second-order valence-corrected chi connectivity index (χ2v) is 3.00. The van der Waals surface area contributed by atoms with E-state index in [-0.39, 0.29) is 0 Å². The summed E-state index contributed by atoms with van der Waals surface area (Å²) in [6.07, 6.45) is 1.90. The van der Waals surface area contributed by atoms with E-state index < -0.39 is 0 Å². The minimum Gasteiger partial charge on any atom is -0.493 e. The van der Waals surface area contributed by atoms with Crippen molar-refractivity contribution in [2.45, 2.75) is 6.92 Å². The van der Waals surface area contributed by atoms with E-state index in [9.17, 15) is 0 Å². The van der Waals surface area contributed by atoms with Crippen molar-refractivity contribution >= 4 is 10.9 Å². The maximum Gasteiger partial charge on any atom is 0.162 e. The third-order valence-corrected chi connectivity index (χ3v) is 2.14. The molecule has 1 N–H and O–H groups in total. The molecule has 3 nitrogen and oxygen atoms in total. The van der Waals surface area contributed by atoms with Crippen molar-refractivity contribution in [2.75, 3.05) is 13.7 Å². The van der Waals surface area contributed by atoms with Crippen molar-refractivity contribution in [3.63, 3.8) is 0 Å². The Hall–Kier alpha value is -1.64. The van der Waals surface area contributed by atoms with E-state index in [2.05, 4.69) is 4.98 Å². The molecule has 0 unspecified atom stereocenters. The Morgan fingerprint density at radius 3 is 2.86 bits per heavy atom. The molecule has 0 spiro atoms. The summed E-state index contributed by atoms with van der Waals surface area (Å²) < 4.78 is 10.7. The molecule has 1 heterocycles. The third kappa shape index (κ3) is 1.41. The van der Waals surface area contributed by atoms with E-state index in [0.29, 0.717) is 6.61 Å². The molecule has 0 aliphatic heterocycles. The van der Waals surface area contributed by atoms with Crippen LogP contribution in [0.2, 0.25) is 0 Å². The Labute approximate surface area is 82.6 Å². The summed E-state index contributed by atoms with van der Waals surface area (Å²) in [6.45, 7) is 2.60. The van der Waals surface area contributed by atoms with Crippen molar-refractivity contribution < 1.29 is 9.47 Å². The Balaban J connectivity index is 2.54. The molecule has 1 aromatic heterocycles. The Bertz CT molecular complexity index is 434. The van der Waals surface area contributed by atoms with Crippen molar-refractivity contribution in [3.05, 3.63) is 24.4 Å². The van der Waals surface area contributed by atoms with Gasteiger partial charge >= 0.3 is 0 Å². The quantitative estimate of drug-likeness (QED) is 0.809. The van der Waals surface area contributed by atoms with Crippen molar-refractivity contribution in [1.82, 2.24) is 4.98 Å². The molecule has 0 aliphatic rings. The summed E-state index contributed by atoms with van der Waals surface area (Å²) in [5, 5.41) is 1.13. The smallest absolute Gasteiger partial charge is 0.162 e. The molecule has 0 fully saturated rings. The summed E-state index contributed by atoms with van der Waals surface area (Å²) in [7, 11) is 1.65. The van der Waals surface area contributed by atoms with Crippen LogP contribution >= 0.6 is 0 Å². The highest BCUT2D eigenvalue weighted by molar-refractivity contribution is 5.83. The van der Waals surface area contributed by atoms with Crippen LogP contribution in [0.1, 0.15) is 6.92 Å². The van der Waals surface area contributed by atoms with Crippen LogP contribution in [0.3, 0.4) is 0 Å². The number of H-pyrrole nitrogens is 1. The molecule has 0 atom stereocenters. The number of hydrogen-bond donors (Lipinski definition) is 1. The maximum atomic E-state index is 5.47. The van der Waals surface area contributed by atoms with Gasteiger partial charge in [-0.2, -0.15) is 0 Å². The number of benzene rings is 1. The van der Waals surface area contributed by atoms with E-state index in [1.807, 2.05) is 31.3 Å². The molecule has 14 heavy (non-hydrogen) atoms. The largest absolute Gasteiger partial charge is 0.493 e. The van der Waals surface area contributed by atoms with Crippen molar-refractivity contribution in [3.8, 4) is 11.5 Å². The highest BCUT2D eigenvalue weighted by Gasteiger charge is 2.06. The maximum absolute atomic E-state index is 5.47. The van der Waals surface area contributed by atoms with Crippen LogP contribution in [0, 0.1) is 0 Å². The number of fused-ring (bicyclic) bond motifs is 1. The molecule has 1 aromatic carbocycles. The number of methoxy groups -OCH3 is 1. The lowest BCUT2D eigenvalue weighted by molar-refractivity contribution is 0.311. The SMILES string of the molecule is CCOc1cc2cc[nH]c2cc1OC. The van der Waals surface area contributed by atoms with Gasteiger partial charge in [0, 0.05) is 23.2 Å². The molecule has 2 rings (SSSR count). The van der Waals surface area contributed by atoms with Gasteiger partial charge in [0.1, 0.15) is 0 Å². The number of aromatic amines is 1. The van der Waals surface area contributed by atoms with Gasteiger partial charge in [0.05, 0.1) is 13.7 Å². The van der Waals surface area contributed by atoms with Gasteiger partial charge in [0.15, 0.2) is 11.5 Å². The van der Waals surface area contributed by atoms with E-state index in [1.165, 1.54) is 0 Å². The van der Waals surface area contributed by atoms with Crippen LogP contribution in [0.4, 0.5) is 0 Å². The van der Waals surface area contributed by atoms with Gasteiger partial charge in [0.2, 0.25) is 0 Å². The summed E-state index contributed by atoms with van der Waals surface area (Å²) in [6, 6.07) is 5.94. The molecule has 74 valence electrons. The van der Waals surface area contributed by atoms with Crippen LogP contribution in [0.25, 0.3) is 10.9 Å². The first kappa shape index (κ1) is 8.94. The van der Waals surface area contributed by atoms with Crippen molar-refractivity contribution in [2.24, 2.45) is 0 Å². The molecule has 0 bridgehead atoms. The second kappa shape index (κ2) is 3.62. The lowest BCUT2D eigenvalue weighted by Crippen LogP contribution is -1.94. The molecular weight excluding hydrogens is 178 g/mol. The van der Waals surface area contributed by atoms with Gasteiger partial charge < -0.3 is 14.5 Å². The highest BCUT2D eigenvalue weighted by atomic mass is 16.5. The van der Waals surface area contributed by atoms with Gasteiger partial charge in [-0.25, -0.2) is 0 Å².